The van der Waals surface area contributed by atoms with Crippen LogP contribution in [0.2, 0.25) is 0 Å². The molecule has 0 aliphatic rings. The van der Waals surface area contributed by atoms with Gasteiger partial charge in [-0.25, -0.2) is 9.97 Å². The number of carbonyl (C=O) groups is 1. The molecule has 3 rings (SSSR count). The molecule has 26 heavy (non-hydrogen) atoms. The van der Waals surface area contributed by atoms with Crippen molar-refractivity contribution in [3.05, 3.63) is 33.1 Å². The van der Waals surface area contributed by atoms with Crippen molar-refractivity contribution in [3.8, 4) is 0 Å². The number of carbonyl (C=O) groups excluding carboxylic acids is 1. The predicted molar refractivity (Wildman–Crippen MR) is 111 cm³/mol. The monoisotopic (exact) mass is 388 g/mol. The van der Waals surface area contributed by atoms with E-state index in [2.05, 4.69) is 62.9 Å². The molecule has 0 aromatic carbocycles. The number of anilines is 2. The first-order chi connectivity index (χ1) is 12.0. The fourth-order valence-electron chi connectivity index (χ4n) is 2.48. The summed E-state index contributed by atoms with van der Waals surface area (Å²) in [4.78, 5) is 23.6. The van der Waals surface area contributed by atoms with E-state index in [0.29, 0.717) is 16.4 Å². The lowest BCUT2D eigenvalue weighted by molar-refractivity contribution is 0.100. The van der Waals surface area contributed by atoms with Crippen molar-refractivity contribution >= 4 is 50.3 Å². The van der Waals surface area contributed by atoms with Gasteiger partial charge in [0.1, 0.15) is 11.2 Å². The number of nitrogens with zero attached hydrogens (tertiary/aromatic N) is 2. The molecule has 0 aliphatic heterocycles. The zero-order valence-electron chi connectivity index (χ0n) is 15.9. The van der Waals surface area contributed by atoms with Crippen LogP contribution in [0.1, 0.15) is 61.0 Å². The molecule has 0 fully saturated rings. The topological polar surface area (TPSA) is 80.9 Å². The molecule has 3 N–H and O–H groups in total. The van der Waals surface area contributed by atoms with E-state index in [1.54, 1.807) is 17.7 Å². The molecule has 0 spiro atoms. The summed E-state index contributed by atoms with van der Waals surface area (Å²) in [6, 6.07) is 4.10. The van der Waals surface area contributed by atoms with E-state index < -0.39 is 5.91 Å². The molecule has 7 heteroatoms. The van der Waals surface area contributed by atoms with Gasteiger partial charge in [-0.05, 0) is 23.0 Å². The highest BCUT2D eigenvalue weighted by Crippen LogP contribution is 2.40. The van der Waals surface area contributed by atoms with Gasteiger partial charge in [0.15, 0.2) is 5.82 Å². The Kier molecular flexibility index (Phi) is 4.56. The predicted octanol–water partition coefficient (Wildman–Crippen LogP) is 5.19. The Morgan fingerprint density at radius 3 is 2.19 bits per heavy atom. The number of nitrogens with one attached hydrogen (secondary N) is 1. The van der Waals surface area contributed by atoms with Crippen molar-refractivity contribution in [2.75, 3.05) is 5.32 Å². The lowest BCUT2D eigenvalue weighted by atomic mass is 9.94. The number of aromatic nitrogens is 2. The number of nitrogens with two attached hydrogens (primary N) is 1. The minimum atomic E-state index is -0.431. The van der Waals surface area contributed by atoms with E-state index in [-0.39, 0.29) is 10.8 Å². The van der Waals surface area contributed by atoms with Crippen LogP contribution in [-0.4, -0.2) is 15.9 Å². The fraction of sp³-hybridized carbons (Fsp3) is 0.421. The van der Waals surface area contributed by atoms with Gasteiger partial charge < -0.3 is 11.1 Å². The van der Waals surface area contributed by atoms with Gasteiger partial charge in [-0.15, -0.1) is 22.7 Å². The normalized spacial score (nSPS) is 12.5. The van der Waals surface area contributed by atoms with Gasteiger partial charge in [0.2, 0.25) is 0 Å². The zero-order valence-corrected chi connectivity index (χ0v) is 17.6. The molecule has 0 saturated carbocycles. The Balaban J connectivity index is 2.08. The summed E-state index contributed by atoms with van der Waals surface area (Å²) in [5, 5.41) is 3.32. The molecular weight excluding hydrogens is 364 g/mol. The number of hydrogen-bond acceptors (Lipinski definition) is 6. The van der Waals surface area contributed by atoms with Gasteiger partial charge in [-0.1, -0.05) is 41.5 Å². The van der Waals surface area contributed by atoms with Crippen LogP contribution in [0.25, 0.3) is 10.2 Å². The Morgan fingerprint density at radius 2 is 1.62 bits per heavy atom. The number of primary amides is 1. The van der Waals surface area contributed by atoms with Crippen LogP contribution in [0, 0.1) is 0 Å². The van der Waals surface area contributed by atoms with E-state index in [4.69, 9.17) is 5.73 Å². The standard InChI is InChI=1S/C19H24N4OS2/c1-18(2,3)12-7-10-15(26-12)17(22-9-21-10)23-11-8-13(19(4,5)6)25-14(11)16(20)24/h7-9H,1-6H3,(H2,20,24)(H,21,22,23). The minimum Gasteiger partial charge on any atom is -0.365 e. The number of rotatable bonds is 3. The zero-order chi connectivity index (χ0) is 19.3. The smallest absolute Gasteiger partial charge is 0.260 e. The minimum absolute atomic E-state index is 0.0445. The maximum absolute atomic E-state index is 11.9. The summed E-state index contributed by atoms with van der Waals surface area (Å²) >= 11 is 3.11. The largest absolute Gasteiger partial charge is 0.365 e. The van der Waals surface area contributed by atoms with Crippen molar-refractivity contribution in [1.82, 2.24) is 9.97 Å². The van der Waals surface area contributed by atoms with Crippen molar-refractivity contribution < 1.29 is 4.79 Å². The maximum Gasteiger partial charge on any atom is 0.260 e. The molecule has 3 heterocycles. The molecule has 0 aliphatic carbocycles. The number of thiophene rings is 2. The van der Waals surface area contributed by atoms with Crippen molar-refractivity contribution in [1.29, 1.82) is 0 Å². The maximum atomic E-state index is 11.9. The van der Waals surface area contributed by atoms with Gasteiger partial charge in [0.25, 0.3) is 5.91 Å². The first-order valence-corrected chi connectivity index (χ1v) is 10.1. The van der Waals surface area contributed by atoms with Crippen molar-refractivity contribution in [3.63, 3.8) is 0 Å². The lowest BCUT2D eigenvalue weighted by Gasteiger charge is -2.15. The molecule has 0 bridgehead atoms. The van der Waals surface area contributed by atoms with Gasteiger partial charge in [-0.2, -0.15) is 0 Å². The van der Waals surface area contributed by atoms with E-state index >= 15 is 0 Å². The van der Waals surface area contributed by atoms with Gasteiger partial charge in [-0.3, -0.25) is 4.79 Å². The summed E-state index contributed by atoms with van der Waals surface area (Å²) in [7, 11) is 0. The highest BCUT2D eigenvalue weighted by atomic mass is 32.1. The van der Waals surface area contributed by atoms with Crippen LogP contribution in [0.5, 0.6) is 0 Å². The van der Waals surface area contributed by atoms with Crippen molar-refractivity contribution in [2.24, 2.45) is 5.73 Å². The molecule has 3 aromatic rings. The Labute approximate surface area is 161 Å². The van der Waals surface area contributed by atoms with Crippen LogP contribution in [0.3, 0.4) is 0 Å². The van der Waals surface area contributed by atoms with Gasteiger partial charge in [0, 0.05) is 9.75 Å². The van der Waals surface area contributed by atoms with Crippen LogP contribution >= 0.6 is 22.7 Å². The van der Waals surface area contributed by atoms with Crippen LogP contribution in [0.4, 0.5) is 11.5 Å². The summed E-state index contributed by atoms with van der Waals surface area (Å²) < 4.78 is 0.983. The molecule has 5 nitrogen and oxygen atoms in total. The fourth-order valence-corrected chi connectivity index (χ4v) is 4.61. The molecule has 1 amide bonds. The van der Waals surface area contributed by atoms with Crippen molar-refractivity contribution in [2.45, 2.75) is 52.4 Å². The molecule has 0 unspecified atom stereocenters. The second kappa shape index (κ2) is 6.32. The van der Waals surface area contributed by atoms with Crippen LogP contribution in [0.15, 0.2) is 18.5 Å². The molecule has 138 valence electrons. The lowest BCUT2D eigenvalue weighted by Crippen LogP contribution is -2.11. The summed E-state index contributed by atoms with van der Waals surface area (Å²) in [6.45, 7) is 12.9. The molecular formula is C19H24N4OS2. The third-order valence-corrected chi connectivity index (χ3v) is 7.13. The van der Waals surface area contributed by atoms with Crippen LogP contribution < -0.4 is 11.1 Å². The summed E-state index contributed by atoms with van der Waals surface area (Å²) in [5.41, 5.74) is 7.20. The average molecular weight is 389 g/mol. The summed E-state index contributed by atoms with van der Waals surface area (Å²) in [6.07, 6.45) is 1.55. The second-order valence-electron chi connectivity index (χ2n) is 8.39. The van der Waals surface area contributed by atoms with Gasteiger partial charge in [0.05, 0.1) is 15.9 Å². The molecule has 0 radical (unpaired) electrons. The van der Waals surface area contributed by atoms with E-state index in [9.17, 15) is 4.79 Å². The SMILES string of the molecule is CC(C)(C)c1cc(Nc2ncnc3cc(C(C)(C)C)sc23)c(C(N)=O)s1. The van der Waals surface area contributed by atoms with E-state index in [0.717, 1.165) is 15.1 Å². The van der Waals surface area contributed by atoms with Crippen LogP contribution in [-0.2, 0) is 10.8 Å². The first-order valence-electron chi connectivity index (χ1n) is 8.43. The average Bonchev–Trinajstić information content (AvgIpc) is 3.10. The van der Waals surface area contributed by atoms with Gasteiger partial charge >= 0.3 is 0 Å². The van der Waals surface area contributed by atoms with E-state index in [1.165, 1.54) is 16.2 Å². The Morgan fingerprint density at radius 1 is 1.00 bits per heavy atom. The number of hydrogen-bond donors (Lipinski definition) is 2. The third-order valence-electron chi connectivity index (χ3n) is 4.00. The first kappa shape index (κ1) is 18.8. The quantitative estimate of drug-likeness (QED) is 0.647. The van der Waals surface area contributed by atoms with E-state index in [1.807, 2.05) is 6.07 Å². The highest BCUT2D eigenvalue weighted by Gasteiger charge is 2.23. The molecule has 3 aromatic heterocycles. The summed E-state index contributed by atoms with van der Waals surface area (Å²) in [5.74, 6) is 0.274. The molecule has 0 saturated heterocycles. The number of amides is 1. The molecule has 0 atom stereocenters. The number of fused-ring (bicyclic) bond motifs is 1. The third kappa shape index (κ3) is 3.59. The second-order valence-corrected chi connectivity index (χ2v) is 10.5. The Hall–Kier alpha value is -1.99. The Bertz CT molecular complexity index is 974. The highest BCUT2D eigenvalue weighted by molar-refractivity contribution is 7.19.